The molecule has 3 nitrogen and oxygen atoms in total. The Labute approximate surface area is 217 Å². The summed E-state index contributed by atoms with van der Waals surface area (Å²) in [7, 11) is 0. The molecule has 3 rings (SSSR count). The Bertz CT molecular complexity index is 1000. The molecule has 0 aliphatic rings. The number of esters is 1. The summed E-state index contributed by atoms with van der Waals surface area (Å²) in [4.78, 5) is 12.6. The van der Waals surface area contributed by atoms with Gasteiger partial charge in [-0.2, -0.15) is 0 Å². The smallest absolute Gasteiger partial charge is 0.343 e. The van der Waals surface area contributed by atoms with Crippen molar-refractivity contribution < 1.29 is 14.3 Å². The number of aryl methyl sites for hydroxylation is 1. The van der Waals surface area contributed by atoms with Crippen molar-refractivity contribution in [1.29, 1.82) is 0 Å². The largest absolute Gasteiger partial charge is 0.494 e. The number of hydrogen-bond donors (Lipinski definition) is 0. The van der Waals surface area contributed by atoms with E-state index in [1.165, 1.54) is 63.4 Å². The molecule has 0 spiro atoms. The van der Waals surface area contributed by atoms with E-state index in [2.05, 4.69) is 38.1 Å². The van der Waals surface area contributed by atoms with Crippen molar-refractivity contribution >= 4 is 5.97 Å². The number of carbonyl (C=O) groups is 1. The third-order valence-corrected chi connectivity index (χ3v) is 6.53. The summed E-state index contributed by atoms with van der Waals surface area (Å²) in [5.41, 5.74) is 3.98. The predicted octanol–water partition coefficient (Wildman–Crippen LogP) is 9.43. The Kier molecular flexibility index (Phi) is 12.1. The minimum absolute atomic E-state index is 0.337. The Balaban J connectivity index is 1.44. The van der Waals surface area contributed by atoms with Crippen LogP contribution in [0.25, 0.3) is 11.1 Å². The van der Waals surface area contributed by atoms with Crippen molar-refractivity contribution in [1.82, 2.24) is 0 Å². The molecule has 192 valence electrons. The summed E-state index contributed by atoms with van der Waals surface area (Å²) in [5, 5.41) is 0. The van der Waals surface area contributed by atoms with Gasteiger partial charge >= 0.3 is 5.97 Å². The van der Waals surface area contributed by atoms with Crippen molar-refractivity contribution in [3.8, 4) is 22.6 Å². The van der Waals surface area contributed by atoms with E-state index in [-0.39, 0.29) is 5.97 Å². The van der Waals surface area contributed by atoms with Crippen LogP contribution in [-0.2, 0) is 6.42 Å². The molecular formula is C33H42O3. The van der Waals surface area contributed by atoms with Crippen LogP contribution in [0, 0.1) is 0 Å². The van der Waals surface area contributed by atoms with Crippen molar-refractivity contribution in [2.24, 2.45) is 0 Å². The van der Waals surface area contributed by atoms with Gasteiger partial charge in [-0.05, 0) is 72.4 Å². The van der Waals surface area contributed by atoms with Crippen LogP contribution < -0.4 is 9.47 Å². The SMILES string of the molecule is CCCCCCCCOc1ccc(-c2ccc(C(=O)Oc3ccc(CCCCCC)cc3)cc2)cc1. The molecule has 0 saturated carbocycles. The van der Waals surface area contributed by atoms with E-state index in [4.69, 9.17) is 9.47 Å². The van der Waals surface area contributed by atoms with Crippen molar-refractivity contribution in [3.63, 3.8) is 0 Å². The van der Waals surface area contributed by atoms with E-state index in [9.17, 15) is 4.79 Å². The summed E-state index contributed by atoms with van der Waals surface area (Å²) >= 11 is 0. The lowest BCUT2D eigenvalue weighted by Crippen LogP contribution is -2.08. The maximum Gasteiger partial charge on any atom is 0.343 e. The first-order chi connectivity index (χ1) is 17.7. The van der Waals surface area contributed by atoms with E-state index < -0.39 is 0 Å². The van der Waals surface area contributed by atoms with Crippen LogP contribution in [0.15, 0.2) is 72.8 Å². The van der Waals surface area contributed by atoms with Crippen LogP contribution in [0.5, 0.6) is 11.5 Å². The summed E-state index contributed by atoms with van der Waals surface area (Å²) in [6, 6.07) is 23.6. The average Bonchev–Trinajstić information content (AvgIpc) is 2.92. The lowest BCUT2D eigenvalue weighted by atomic mass is 10.0. The first-order valence-corrected chi connectivity index (χ1v) is 13.8. The Morgan fingerprint density at radius 3 is 1.75 bits per heavy atom. The van der Waals surface area contributed by atoms with Gasteiger partial charge in [0.1, 0.15) is 11.5 Å². The molecule has 0 heterocycles. The highest BCUT2D eigenvalue weighted by Crippen LogP contribution is 2.24. The molecule has 3 aromatic carbocycles. The number of carbonyl (C=O) groups excluding carboxylic acids is 1. The number of unbranched alkanes of at least 4 members (excludes halogenated alkanes) is 8. The standard InChI is InChI=1S/C33H42O3/c1-3-5-7-9-10-12-26-35-31-24-20-29(21-25-31)28-16-18-30(19-17-28)33(34)36-32-22-14-27(15-23-32)13-11-8-6-4-2/h14-25H,3-13,26H2,1-2H3. The minimum atomic E-state index is -0.337. The predicted molar refractivity (Wildman–Crippen MR) is 150 cm³/mol. The molecular weight excluding hydrogens is 444 g/mol. The van der Waals surface area contributed by atoms with E-state index in [0.717, 1.165) is 36.3 Å². The highest BCUT2D eigenvalue weighted by atomic mass is 16.5. The zero-order valence-corrected chi connectivity index (χ0v) is 22.1. The summed E-state index contributed by atoms with van der Waals surface area (Å²) in [5.74, 6) is 1.15. The van der Waals surface area contributed by atoms with Crippen molar-refractivity contribution in [2.45, 2.75) is 84.5 Å². The van der Waals surface area contributed by atoms with Gasteiger partial charge in [-0.15, -0.1) is 0 Å². The molecule has 3 heteroatoms. The normalized spacial score (nSPS) is 10.8. The van der Waals surface area contributed by atoms with Gasteiger partial charge in [-0.1, -0.05) is 102 Å². The fourth-order valence-corrected chi connectivity index (χ4v) is 4.26. The van der Waals surface area contributed by atoms with Gasteiger partial charge in [-0.3, -0.25) is 0 Å². The van der Waals surface area contributed by atoms with Crippen LogP contribution in [0.2, 0.25) is 0 Å². The highest BCUT2D eigenvalue weighted by molar-refractivity contribution is 5.91. The first kappa shape index (κ1) is 27.5. The van der Waals surface area contributed by atoms with Crippen molar-refractivity contribution in [2.75, 3.05) is 6.61 Å². The Hall–Kier alpha value is -3.07. The van der Waals surface area contributed by atoms with Crippen LogP contribution in [0.3, 0.4) is 0 Å². The number of ether oxygens (including phenoxy) is 2. The van der Waals surface area contributed by atoms with Gasteiger partial charge in [0, 0.05) is 0 Å². The van der Waals surface area contributed by atoms with Gasteiger partial charge in [-0.25, -0.2) is 4.79 Å². The topological polar surface area (TPSA) is 35.5 Å². The van der Waals surface area contributed by atoms with Crippen LogP contribution >= 0.6 is 0 Å². The number of rotatable bonds is 16. The maximum absolute atomic E-state index is 12.6. The van der Waals surface area contributed by atoms with Gasteiger partial charge in [0.2, 0.25) is 0 Å². The molecule has 0 unspecified atom stereocenters. The molecule has 0 N–H and O–H groups in total. The van der Waals surface area contributed by atoms with Crippen LogP contribution in [0.4, 0.5) is 0 Å². The molecule has 0 aliphatic heterocycles. The molecule has 0 fully saturated rings. The van der Waals surface area contributed by atoms with Gasteiger partial charge < -0.3 is 9.47 Å². The molecule has 0 saturated heterocycles. The second-order valence-electron chi connectivity index (χ2n) is 9.56. The molecule has 0 aliphatic carbocycles. The fourth-order valence-electron chi connectivity index (χ4n) is 4.26. The van der Waals surface area contributed by atoms with Gasteiger partial charge in [0.05, 0.1) is 12.2 Å². The Morgan fingerprint density at radius 1 is 0.583 bits per heavy atom. The molecule has 0 bridgehead atoms. The maximum atomic E-state index is 12.6. The third kappa shape index (κ3) is 9.53. The lowest BCUT2D eigenvalue weighted by molar-refractivity contribution is 0.0734. The van der Waals surface area contributed by atoms with E-state index >= 15 is 0 Å². The van der Waals surface area contributed by atoms with E-state index in [0.29, 0.717) is 11.3 Å². The summed E-state index contributed by atoms with van der Waals surface area (Å²) in [6.45, 7) is 5.23. The van der Waals surface area contributed by atoms with Gasteiger partial charge in [0.15, 0.2) is 0 Å². The molecule has 0 aromatic heterocycles. The second-order valence-corrected chi connectivity index (χ2v) is 9.56. The molecule has 0 atom stereocenters. The summed E-state index contributed by atoms with van der Waals surface area (Å²) in [6.07, 6.45) is 13.6. The average molecular weight is 487 g/mol. The minimum Gasteiger partial charge on any atom is -0.494 e. The zero-order valence-electron chi connectivity index (χ0n) is 22.1. The fraction of sp³-hybridized carbons (Fsp3) is 0.424. The highest BCUT2D eigenvalue weighted by Gasteiger charge is 2.09. The number of benzene rings is 3. The van der Waals surface area contributed by atoms with E-state index in [1.807, 2.05) is 48.5 Å². The quantitative estimate of drug-likeness (QED) is 0.115. The van der Waals surface area contributed by atoms with Crippen LogP contribution in [0.1, 0.15) is 94.0 Å². The Morgan fingerprint density at radius 2 is 1.11 bits per heavy atom. The monoisotopic (exact) mass is 486 g/mol. The lowest BCUT2D eigenvalue weighted by Gasteiger charge is -2.09. The third-order valence-electron chi connectivity index (χ3n) is 6.53. The van der Waals surface area contributed by atoms with Gasteiger partial charge in [0.25, 0.3) is 0 Å². The summed E-state index contributed by atoms with van der Waals surface area (Å²) < 4.78 is 11.5. The van der Waals surface area contributed by atoms with E-state index in [1.54, 1.807) is 0 Å². The second kappa shape index (κ2) is 15.8. The van der Waals surface area contributed by atoms with Crippen molar-refractivity contribution in [3.05, 3.63) is 83.9 Å². The zero-order chi connectivity index (χ0) is 25.4. The molecule has 36 heavy (non-hydrogen) atoms. The molecule has 3 aromatic rings. The molecule has 0 radical (unpaired) electrons. The first-order valence-electron chi connectivity index (χ1n) is 13.8. The molecule has 0 amide bonds. The van der Waals surface area contributed by atoms with Crippen LogP contribution in [-0.4, -0.2) is 12.6 Å². The number of hydrogen-bond acceptors (Lipinski definition) is 3.